The van der Waals surface area contributed by atoms with Gasteiger partial charge in [-0.2, -0.15) is 0 Å². The van der Waals surface area contributed by atoms with Crippen LogP contribution < -0.4 is 5.32 Å². The quantitative estimate of drug-likeness (QED) is 0.437. The summed E-state index contributed by atoms with van der Waals surface area (Å²) in [6.45, 7) is 9.09. The number of rotatable bonds is 8. The number of aryl methyl sites for hydroxylation is 2. The lowest BCUT2D eigenvalue weighted by Gasteiger charge is -2.27. The van der Waals surface area contributed by atoms with Gasteiger partial charge in [0.05, 0.1) is 18.0 Å². The Hall–Kier alpha value is -3.71. The molecule has 0 aliphatic heterocycles. The van der Waals surface area contributed by atoms with Gasteiger partial charge >= 0.3 is 6.09 Å². The maximum Gasteiger partial charge on any atom is 0.411 e. The van der Waals surface area contributed by atoms with Crippen LogP contribution in [-0.4, -0.2) is 39.1 Å². The number of anilines is 1. The minimum absolute atomic E-state index is 0.219. The van der Waals surface area contributed by atoms with Crippen molar-refractivity contribution in [3.05, 3.63) is 83.2 Å². The molecular weight excluding hydrogens is 454 g/mol. The highest BCUT2D eigenvalue weighted by Crippen LogP contribution is 2.25. The zero-order chi connectivity index (χ0) is 26.3. The molecule has 3 rings (SSSR count). The Kier molecular flexibility index (Phi) is 8.83. The summed E-state index contributed by atoms with van der Waals surface area (Å²) >= 11 is 0. The molecule has 0 spiro atoms. The highest BCUT2D eigenvalue weighted by Gasteiger charge is 2.25. The number of ether oxygens (including phenoxy) is 1. The van der Waals surface area contributed by atoms with Gasteiger partial charge in [-0.25, -0.2) is 4.79 Å². The number of aliphatic hydroxyl groups excluding tert-OH is 1. The molecule has 3 aromatic rings. The van der Waals surface area contributed by atoms with E-state index in [0.717, 1.165) is 28.7 Å². The lowest BCUT2D eigenvalue weighted by atomic mass is 10.0. The van der Waals surface area contributed by atoms with Gasteiger partial charge < -0.3 is 15.2 Å². The van der Waals surface area contributed by atoms with E-state index in [9.17, 15) is 14.7 Å². The Morgan fingerprint density at radius 1 is 1.03 bits per heavy atom. The summed E-state index contributed by atoms with van der Waals surface area (Å²) in [5.41, 5.74) is 4.98. The predicted molar refractivity (Wildman–Crippen MR) is 141 cm³/mol. The zero-order valence-electron chi connectivity index (χ0n) is 21.7. The van der Waals surface area contributed by atoms with Crippen molar-refractivity contribution >= 4 is 17.7 Å². The average molecular weight is 490 g/mol. The van der Waals surface area contributed by atoms with Gasteiger partial charge in [0.1, 0.15) is 12.1 Å². The molecule has 0 atom stereocenters. The second-order valence-electron chi connectivity index (χ2n) is 9.80. The van der Waals surface area contributed by atoms with Gasteiger partial charge in [0, 0.05) is 18.3 Å². The lowest BCUT2D eigenvalue weighted by molar-refractivity contribution is -0.117. The van der Waals surface area contributed by atoms with Crippen LogP contribution in [0.25, 0.3) is 11.1 Å². The summed E-state index contributed by atoms with van der Waals surface area (Å²) in [6, 6.07) is 17.7. The van der Waals surface area contributed by atoms with Crippen LogP contribution in [0.15, 0.2) is 60.8 Å². The number of amides is 2. The molecule has 190 valence electrons. The minimum atomic E-state index is -0.701. The summed E-state index contributed by atoms with van der Waals surface area (Å²) < 4.78 is 5.55. The Balaban J connectivity index is 1.83. The number of pyridine rings is 1. The smallest absolute Gasteiger partial charge is 0.411 e. The van der Waals surface area contributed by atoms with Crippen molar-refractivity contribution in [2.24, 2.45) is 0 Å². The van der Waals surface area contributed by atoms with Crippen molar-refractivity contribution in [3.63, 3.8) is 0 Å². The van der Waals surface area contributed by atoms with E-state index >= 15 is 0 Å². The van der Waals surface area contributed by atoms with Crippen LogP contribution in [0.5, 0.6) is 0 Å². The fourth-order valence-corrected chi connectivity index (χ4v) is 3.76. The highest BCUT2D eigenvalue weighted by molar-refractivity contribution is 5.95. The van der Waals surface area contributed by atoms with E-state index < -0.39 is 17.6 Å². The SMILES string of the molecule is CCc1cccc(-c2cnc(CO)c(NC(=O)CN(Cc3cccc(C)c3)C(=O)OC(C)(C)C)c2)c1. The third-order valence-electron chi connectivity index (χ3n) is 5.50. The van der Waals surface area contributed by atoms with Crippen molar-refractivity contribution in [2.75, 3.05) is 11.9 Å². The van der Waals surface area contributed by atoms with Crippen molar-refractivity contribution in [2.45, 2.75) is 59.8 Å². The second-order valence-corrected chi connectivity index (χ2v) is 9.80. The standard InChI is InChI=1S/C29H35N3O4/c1-6-21-10-8-12-23(14-21)24-15-25(26(19-33)30-16-24)31-27(34)18-32(28(35)36-29(3,4)5)17-22-11-7-9-20(2)13-22/h7-16,33H,6,17-19H2,1-5H3,(H,31,34). The number of hydrogen-bond donors (Lipinski definition) is 2. The Morgan fingerprint density at radius 2 is 1.75 bits per heavy atom. The minimum Gasteiger partial charge on any atom is -0.444 e. The molecule has 0 aliphatic carbocycles. The summed E-state index contributed by atoms with van der Waals surface area (Å²) in [5, 5.41) is 12.6. The predicted octanol–water partition coefficient (Wildman–Crippen LogP) is 5.49. The normalized spacial score (nSPS) is 11.2. The summed E-state index contributed by atoms with van der Waals surface area (Å²) in [6.07, 6.45) is 2.01. The Morgan fingerprint density at radius 3 is 2.42 bits per heavy atom. The largest absolute Gasteiger partial charge is 0.444 e. The molecule has 0 unspecified atom stereocenters. The summed E-state index contributed by atoms with van der Waals surface area (Å²) in [7, 11) is 0. The fraction of sp³-hybridized carbons (Fsp3) is 0.345. The molecule has 1 aromatic heterocycles. The maximum atomic E-state index is 13.1. The van der Waals surface area contributed by atoms with E-state index in [0.29, 0.717) is 11.4 Å². The third-order valence-corrected chi connectivity index (χ3v) is 5.50. The molecular formula is C29H35N3O4. The molecule has 36 heavy (non-hydrogen) atoms. The first kappa shape index (κ1) is 26.9. The molecule has 0 saturated heterocycles. The zero-order valence-corrected chi connectivity index (χ0v) is 21.7. The molecule has 7 heteroatoms. The Labute approximate surface area is 213 Å². The van der Waals surface area contributed by atoms with Crippen LogP contribution in [0.4, 0.5) is 10.5 Å². The van der Waals surface area contributed by atoms with Crippen LogP contribution >= 0.6 is 0 Å². The number of nitrogens with one attached hydrogen (secondary N) is 1. The summed E-state index contributed by atoms with van der Waals surface area (Å²) in [4.78, 5) is 31.7. The molecule has 0 fully saturated rings. The van der Waals surface area contributed by atoms with Crippen LogP contribution in [0.2, 0.25) is 0 Å². The van der Waals surface area contributed by atoms with Crippen molar-refractivity contribution < 1.29 is 19.4 Å². The third kappa shape index (κ3) is 7.65. The average Bonchev–Trinajstić information content (AvgIpc) is 2.82. The van der Waals surface area contributed by atoms with Gasteiger partial charge in [-0.05, 0) is 56.9 Å². The van der Waals surface area contributed by atoms with E-state index in [1.807, 2.05) is 43.3 Å². The summed E-state index contributed by atoms with van der Waals surface area (Å²) in [5.74, 6) is -0.413. The van der Waals surface area contributed by atoms with Gasteiger partial charge in [0.2, 0.25) is 5.91 Å². The molecule has 1 heterocycles. The molecule has 0 aliphatic rings. The number of hydrogen-bond acceptors (Lipinski definition) is 5. The fourth-order valence-electron chi connectivity index (χ4n) is 3.76. The number of benzene rings is 2. The lowest BCUT2D eigenvalue weighted by Crippen LogP contribution is -2.41. The maximum absolute atomic E-state index is 13.1. The first-order valence-corrected chi connectivity index (χ1v) is 12.1. The number of carbonyl (C=O) groups is 2. The van der Waals surface area contributed by atoms with Crippen molar-refractivity contribution in [1.29, 1.82) is 0 Å². The van der Waals surface area contributed by atoms with Crippen LogP contribution in [0.3, 0.4) is 0 Å². The van der Waals surface area contributed by atoms with Crippen LogP contribution in [0, 0.1) is 6.92 Å². The van der Waals surface area contributed by atoms with Crippen molar-refractivity contribution in [3.8, 4) is 11.1 Å². The molecule has 2 aromatic carbocycles. The van der Waals surface area contributed by atoms with Gasteiger partial charge in [-0.1, -0.05) is 61.0 Å². The van der Waals surface area contributed by atoms with Crippen molar-refractivity contribution in [1.82, 2.24) is 9.88 Å². The van der Waals surface area contributed by atoms with Gasteiger partial charge in [-0.15, -0.1) is 0 Å². The number of aliphatic hydroxyl groups is 1. The van der Waals surface area contributed by atoms with Gasteiger partial charge in [0.25, 0.3) is 0 Å². The molecule has 0 radical (unpaired) electrons. The first-order valence-electron chi connectivity index (χ1n) is 12.1. The van der Waals surface area contributed by atoms with Crippen LogP contribution in [-0.2, 0) is 29.1 Å². The number of carbonyl (C=O) groups excluding carboxylic acids is 2. The molecule has 0 bridgehead atoms. The topological polar surface area (TPSA) is 91.8 Å². The van der Waals surface area contributed by atoms with E-state index in [2.05, 4.69) is 29.4 Å². The van der Waals surface area contributed by atoms with Gasteiger partial charge in [-0.3, -0.25) is 14.7 Å². The number of aromatic nitrogens is 1. The molecule has 2 N–H and O–H groups in total. The monoisotopic (exact) mass is 489 g/mol. The van der Waals surface area contributed by atoms with E-state index in [4.69, 9.17) is 4.74 Å². The molecule has 7 nitrogen and oxygen atoms in total. The Bertz CT molecular complexity index is 1220. The molecule has 0 saturated carbocycles. The van der Waals surface area contributed by atoms with E-state index in [1.54, 1.807) is 33.0 Å². The first-order chi connectivity index (χ1) is 17.1. The highest BCUT2D eigenvalue weighted by atomic mass is 16.6. The second kappa shape index (κ2) is 11.8. The van der Waals surface area contributed by atoms with E-state index in [-0.39, 0.29) is 19.7 Å². The number of nitrogens with zero attached hydrogens (tertiary/aromatic N) is 2. The van der Waals surface area contributed by atoms with Gasteiger partial charge in [0.15, 0.2) is 0 Å². The van der Waals surface area contributed by atoms with E-state index in [1.165, 1.54) is 10.5 Å². The van der Waals surface area contributed by atoms with Crippen LogP contribution in [0.1, 0.15) is 50.1 Å². The molecule has 2 amide bonds.